The monoisotopic (exact) mass is 472 g/mol. The Balaban J connectivity index is 1.88. The van der Waals surface area contributed by atoms with Crippen molar-refractivity contribution in [2.45, 2.75) is 56.1 Å². The summed E-state index contributed by atoms with van der Waals surface area (Å²) in [6, 6.07) is 12.2. The minimum absolute atomic E-state index is 0.203. The SMILES string of the molecule is CCN(CC(=O)Nc1cccc(OC)c1)C(=O)C1(S(=O)(=O)c2cc(C)ccc2C)CCCC1. The van der Waals surface area contributed by atoms with E-state index in [-0.39, 0.29) is 30.8 Å². The second kappa shape index (κ2) is 9.95. The molecule has 1 N–H and O–H groups in total. The predicted octanol–water partition coefficient (Wildman–Crippen LogP) is 3.89. The van der Waals surface area contributed by atoms with Crippen LogP contribution in [0, 0.1) is 13.8 Å². The Bertz CT molecular complexity index is 1140. The molecule has 2 aromatic rings. The van der Waals surface area contributed by atoms with E-state index in [1.807, 2.05) is 13.0 Å². The Kier molecular flexibility index (Phi) is 7.47. The van der Waals surface area contributed by atoms with Crippen molar-refractivity contribution in [2.75, 3.05) is 25.5 Å². The van der Waals surface area contributed by atoms with E-state index >= 15 is 0 Å². The largest absolute Gasteiger partial charge is 0.497 e. The van der Waals surface area contributed by atoms with E-state index in [1.165, 1.54) is 12.0 Å². The van der Waals surface area contributed by atoms with Gasteiger partial charge in [-0.25, -0.2) is 8.42 Å². The molecule has 1 aliphatic carbocycles. The van der Waals surface area contributed by atoms with E-state index in [1.54, 1.807) is 50.2 Å². The molecule has 0 aromatic heterocycles. The number of anilines is 1. The number of hydrogen-bond donors (Lipinski definition) is 1. The maximum atomic E-state index is 13.9. The van der Waals surface area contributed by atoms with Gasteiger partial charge in [-0.05, 0) is 62.9 Å². The first kappa shape index (κ1) is 24.8. The van der Waals surface area contributed by atoms with Crippen molar-refractivity contribution in [3.63, 3.8) is 0 Å². The highest BCUT2D eigenvalue weighted by Crippen LogP contribution is 2.43. The van der Waals surface area contributed by atoms with Crippen molar-refractivity contribution in [1.29, 1.82) is 0 Å². The molecule has 8 heteroatoms. The van der Waals surface area contributed by atoms with E-state index in [4.69, 9.17) is 4.74 Å². The highest BCUT2D eigenvalue weighted by atomic mass is 32.2. The van der Waals surface area contributed by atoms with Crippen molar-refractivity contribution < 1.29 is 22.7 Å². The average molecular weight is 473 g/mol. The molecule has 3 rings (SSSR count). The molecule has 0 bridgehead atoms. The number of benzene rings is 2. The third kappa shape index (κ3) is 4.90. The molecule has 33 heavy (non-hydrogen) atoms. The summed E-state index contributed by atoms with van der Waals surface area (Å²) in [6.45, 7) is 5.34. The summed E-state index contributed by atoms with van der Waals surface area (Å²) in [7, 11) is -2.41. The summed E-state index contributed by atoms with van der Waals surface area (Å²) in [6.07, 6.45) is 1.83. The molecular formula is C25H32N2O5S. The number of ether oxygens (including phenoxy) is 1. The fraction of sp³-hybridized carbons (Fsp3) is 0.440. The van der Waals surface area contributed by atoms with Gasteiger partial charge in [0, 0.05) is 18.3 Å². The van der Waals surface area contributed by atoms with Crippen molar-refractivity contribution in [1.82, 2.24) is 4.90 Å². The van der Waals surface area contributed by atoms with Crippen LogP contribution in [0.15, 0.2) is 47.4 Å². The molecule has 0 radical (unpaired) electrons. The fourth-order valence-electron chi connectivity index (χ4n) is 4.44. The lowest BCUT2D eigenvalue weighted by Gasteiger charge is -2.33. The number of methoxy groups -OCH3 is 1. The van der Waals surface area contributed by atoms with E-state index in [0.717, 1.165) is 5.56 Å². The van der Waals surface area contributed by atoms with Crippen LogP contribution in [0.25, 0.3) is 0 Å². The maximum Gasteiger partial charge on any atom is 0.244 e. The first-order valence-corrected chi connectivity index (χ1v) is 12.7. The average Bonchev–Trinajstić information content (AvgIpc) is 3.30. The van der Waals surface area contributed by atoms with Gasteiger partial charge in [-0.2, -0.15) is 0 Å². The fourth-order valence-corrected chi connectivity index (χ4v) is 6.88. The van der Waals surface area contributed by atoms with Gasteiger partial charge in [0.1, 0.15) is 5.75 Å². The Labute approximate surface area is 196 Å². The van der Waals surface area contributed by atoms with Crippen LogP contribution in [-0.4, -0.2) is 50.1 Å². The third-order valence-corrected chi connectivity index (χ3v) is 8.94. The topological polar surface area (TPSA) is 92.8 Å². The Morgan fingerprint density at radius 1 is 1.09 bits per heavy atom. The molecular weight excluding hydrogens is 440 g/mol. The highest BCUT2D eigenvalue weighted by molar-refractivity contribution is 7.93. The van der Waals surface area contributed by atoms with Crippen LogP contribution >= 0.6 is 0 Å². The van der Waals surface area contributed by atoms with E-state index in [2.05, 4.69) is 5.32 Å². The van der Waals surface area contributed by atoms with Crippen LogP contribution in [0.3, 0.4) is 0 Å². The van der Waals surface area contributed by atoms with E-state index in [0.29, 0.717) is 29.8 Å². The van der Waals surface area contributed by atoms with Crippen LogP contribution in [0.5, 0.6) is 5.75 Å². The quantitative estimate of drug-likeness (QED) is 0.629. The van der Waals surface area contributed by atoms with Gasteiger partial charge in [0.05, 0.1) is 18.6 Å². The normalized spacial score (nSPS) is 15.2. The van der Waals surface area contributed by atoms with Crippen molar-refractivity contribution in [3.8, 4) is 5.75 Å². The molecule has 0 atom stereocenters. The molecule has 2 amide bonds. The van der Waals surface area contributed by atoms with Gasteiger partial charge in [-0.15, -0.1) is 0 Å². The zero-order valence-corrected chi connectivity index (χ0v) is 20.5. The highest BCUT2D eigenvalue weighted by Gasteiger charge is 2.54. The standard InChI is InChI=1S/C25H32N2O5S/c1-5-27(17-23(28)26-20-9-8-10-21(16-20)32-4)24(29)25(13-6-7-14-25)33(30,31)22-15-18(2)11-12-19(22)3/h8-12,15-16H,5-7,13-14,17H2,1-4H3,(H,26,28). The molecule has 0 spiro atoms. The van der Waals surface area contributed by atoms with Crippen LogP contribution in [-0.2, 0) is 19.4 Å². The van der Waals surface area contributed by atoms with Crippen LogP contribution in [0.2, 0.25) is 0 Å². The lowest BCUT2D eigenvalue weighted by molar-refractivity contribution is -0.136. The number of amides is 2. The summed E-state index contributed by atoms with van der Waals surface area (Å²) in [5.41, 5.74) is 1.99. The number of carbonyl (C=O) groups excluding carboxylic acids is 2. The van der Waals surface area contributed by atoms with E-state index < -0.39 is 26.4 Å². The van der Waals surface area contributed by atoms with Gasteiger partial charge in [0.25, 0.3) is 0 Å². The second-order valence-electron chi connectivity index (χ2n) is 8.57. The summed E-state index contributed by atoms with van der Waals surface area (Å²) in [5, 5.41) is 2.76. The molecule has 1 aliphatic rings. The minimum atomic E-state index is -3.95. The summed E-state index contributed by atoms with van der Waals surface area (Å²) < 4.78 is 31.4. The van der Waals surface area contributed by atoms with Crippen LogP contribution < -0.4 is 10.1 Å². The van der Waals surface area contributed by atoms with Gasteiger partial charge in [-0.3, -0.25) is 9.59 Å². The summed E-state index contributed by atoms with van der Waals surface area (Å²) >= 11 is 0. The number of likely N-dealkylation sites (N-methyl/N-ethyl adjacent to an activating group) is 1. The molecule has 1 fully saturated rings. The predicted molar refractivity (Wildman–Crippen MR) is 128 cm³/mol. The van der Waals surface area contributed by atoms with Gasteiger partial charge in [0.2, 0.25) is 11.8 Å². The second-order valence-corrected chi connectivity index (χ2v) is 10.8. The number of hydrogen-bond acceptors (Lipinski definition) is 5. The first-order valence-electron chi connectivity index (χ1n) is 11.2. The minimum Gasteiger partial charge on any atom is -0.497 e. The number of nitrogens with zero attached hydrogens (tertiary/aromatic N) is 1. The summed E-state index contributed by atoms with van der Waals surface area (Å²) in [5.74, 6) is -0.291. The van der Waals surface area contributed by atoms with Crippen LogP contribution in [0.4, 0.5) is 5.69 Å². The van der Waals surface area contributed by atoms with Crippen molar-refractivity contribution >= 4 is 27.3 Å². The van der Waals surface area contributed by atoms with Crippen LogP contribution in [0.1, 0.15) is 43.7 Å². The molecule has 0 heterocycles. The van der Waals surface area contributed by atoms with Gasteiger partial charge in [0.15, 0.2) is 14.6 Å². The lowest BCUT2D eigenvalue weighted by atomic mass is 10.1. The van der Waals surface area contributed by atoms with Gasteiger partial charge in [-0.1, -0.05) is 31.0 Å². The zero-order valence-electron chi connectivity index (χ0n) is 19.7. The molecule has 1 saturated carbocycles. The Morgan fingerprint density at radius 2 is 1.79 bits per heavy atom. The molecule has 2 aromatic carbocycles. The number of rotatable bonds is 8. The van der Waals surface area contributed by atoms with Crippen molar-refractivity contribution in [2.24, 2.45) is 0 Å². The number of carbonyl (C=O) groups is 2. The molecule has 0 saturated heterocycles. The molecule has 7 nitrogen and oxygen atoms in total. The lowest BCUT2D eigenvalue weighted by Crippen LogP contribution is -2.54. The number of sulfone groups is 1. The maximum absolute atomic E-state index is 13.9. The van der Waals surface area contributed by atoms with E-state index in [9.17, 15) is 18.0 Å². The molecule has 0 aliphatic heterocycles. The third-order valence-electron chi connectivity index (χ3n) is 6.31. The van der Waals surface area contributed by atoms with Gasteiger partial charge >= 0.3 is 0 Å². The molecule has 0 unspecified atom stereocenters. The smallest absolute Gasteiger partial charge is 0.244 e. The summed E-state index contributed by atoms with van der Waals surface area (Å²) in [4.78, 5) is 28.0. The zero-order chi connectivity index (χ0) is 24.2. The van der Waals surface area contributed by atoms with Gasteiger partial charge < -0.3 is 15.0 Å². The molecule has 178 valence electrons. The number of aryl methyl sites for hydroxylation is 2. The first-order chi connectivity index (χ1) is 15.6. The Morgan fingerprint density at radius 3 is 2.42 bits per heavy atom. The number of nitrogens with one attached hydrogen (secondary N) is 1. The van der Waals surface area contributed by atoms with Crippen molar-refractivity contribution in [3.05, 3.63) is 53.6 Å². The Hall–Kier alpha value is -2.87.